The Bertz CT molecular complexity index is 843. The second kappa shape index (κ2) is 8.80. The van der Waals surface area contributed by atoms with Gasteiger partial charge in [-0.05, 0) is 55.7 Å². The first-order valence-corrected chi connectivity index (χ1v) is 8.41. The number of hydrazone groups is 1. The number of hydrogen-bond acceptors (Lipinski definition) is 4. The molecular weight excluding hydrogens is 328 g/mol. The number of benzene rings is 2. The van der Waals surface area contributed by atoms with Crippen LogP contribution >= 0.6 is 0 Å². The molecule has 0 heterocycles. The van der Waals surface area contributed by atoms with Crippen molar-refractivity contribution in [3.63, 3.8) is 0 Å². The lowest BCUT2D eigenvalue weighted by molar-refractivity contribution is -0.124. The van der Waals surface area contributed by atoms with Crippen LogP contribution in [0.5, 0.6) is 0 Å². The maximum Gasteiger partial charge on any atom is 0.240 e. The fraction of sp³-hybridized carbons (Fsp3) is 0.250. The Labute approximate surface area is 153 Å². The minimum atomic E-state index is -0.315. The van der Waals surface area contributed by atoms with Crippen LogP contribution in [0.4, 0.5) is 11.4 Å². The van der Waals surface area contributed by atoms with Crippen molar-refractivity contribution in [3.05, 3.63) is 59.2 Å². The van der Waals surface area contributed by atoms with E-state index in [9.17, 15) is 9.59 Å². The van der Waals surface area contributed by atoms with Crippen LogP contribution < -0.4 is 16.5 Å². The molecule has 0 atom stereocenters. The second-order valence-electron chi connectivity index (χ2n) is 6.22. The second-order valence-corrected chi connectivity index (χ2v) is 6.22. The topological polar surface area (TPSA) is 96.6 Å². The number of rotatable bonds is 6. The van der Waals surface area contributed by atoms with E-state index in [0.717, 1.165) is 22.4 Å². The Morgan fingerprint density at radius 1 is 1.04 bits per heavy atom. The van der Waals surface area contributed by atoms with E-state index in [-0.39, 0.29) is 24.7 Å². The highest BCUT2D eigenvalue weighted by Crippen LogP contribution is 2.16. The van der Waals surface area contributed by atoms with Crippen LogP contribution in [0.2, 0.25) is 0 Å². The minimum absolute atomic E-state index is 0.0599. The van der Waals surface area contributed by atoms with E-state index in [0.29, 0.717) is 11.4 Å². The molecule has 0 spiro atoms. The molecular formula is C20H24N4O2. The number of nitrogens with zero attached hydrogens (tertiary/aromatic N) is 1. The normalized spacial score (nSPS) is 11.1. The largest absolute Gasteiger partial charge is 0.399 e. The molecule has 6 heteroatoms. The minimum Gasteiger partial charge on any atom is -0.399 e. The van der Waals surface area contributed by atoms with Gasteiger partial charge in [0.25, 0.3) is 0 Å². The number of carbonyl (C=O) groups is 2. The summed E-state index contributed by atoms with van der Waals surface area (Å²) in [6.07, 6.45) is 0.149. The summed E-state index contributed by atoms with van der Waals surface area (Å²) in [6.45, 7) is 5.67. The molecule has 26 heavy (non-hydrogen) atoms. The van der Waals surface area contributed by atoms with Gasteiger partial charge in [0, 0.05) is 24.2 Å². The quantitative estimate of drug-likeness (QED) is 0.423. The first-order chi connectivity index (χ1) is 12.3. The van der Waals surface area contributed by atoms with E-state index in [1.54, 1.807) is 19.1 Å². The van der Waals surface area contributed by atoms with E-state index < -0.39 is 0 Å². The number of nitrogen functional groups attached to an aromatic ring is 1. The molecule has 6 nitrogen and oxygen atoms in total. The molecule has 136 valence electrons. The Morgan fingerprint density at radius 2 is 1.77 bits per heavy atom. The highest BCUT2D eigenvalue weighted by atomic mass is 16.2. The van der Waals surface area contributed by atoms with E-state index in [1.165, 1.54) is 0 Å². The average molecular weight is 352 g/mol. The lowest BCUT2D eigenvalue weighted by atomic mass is 10.1. The standard InChI is InChI=1S/C20H24N4O2/c1-13-7-8-14(2)18(11-13)22-19(25)9-10-20(26)24-23-15(3)16-5-4-6-17(21)12-16/h4-8,11-12H,9-10,21H2,1-3H3,(H,22,25)(H,24,26)/b23-15+. The lowest BCUT2D eigenvalue weighted by Crippen LogP contribution is -2.22. The van der Waals surface area contributed by atoms with Crippen molar-refractivity contribution in [2.75, 3.05) is 11.1 Å². The van der Waals surface area contributed by atoms with Gasteiger partial charge in [-0.2, -0.15) is 5.10 Å². The summed E-state index contributed by atoms with van der Waals surface area (Å²) < 4.78 is 0. The molecule has 4 N–H and O–H groups in total. The molecule has 0 fully saturated rings. The van der Waals surface area contributed by atoms with Crippen molar-refractivity contribution in [2.24, 2.45) is 5.10 Å². The number of nitrogens with two attached hydrogens (primary N) is 1. The molecule has 0 radical (unpaired) electrons. The van der Waals surface area contributed by atoms with Crippen LogP contribution in [-0.4, -0.2) is 17.5 Å². The van der Waals surface area contributed by atoms with Crippen molar-refractivity contribution >= 4 is 28.9 Å². The Hall–Kier alpha value is -3.15. The Morgan fingerprint density at radius 3 is 2.50 bits per heavy atom. The molecule has 0 aliphatic heterocycles. The van der Waals surface area contributed by atoms with E-state index in [1.807, 2.05) is 44.2 Å². The summed E-state index contributed by atoms with van der Waals surface area (Å²) in [4.78, 5) is 23.9. The van der Waals surface area contributed by atoms with Crippen molar-refractivity contribution in [1.29, 1.82) is 0 Å². The van der Waals surface area contributed by atoms with Gasteiger partial charge < -0.3 is 11.1 Å². The average Bonchev–Trinajstić information content (AvgIpc) is 2.61. The van der Waals surface area contributed by atoms with E-state index >= 15 is 0 Å². The van der Waals surface area contributed by atoms with Crippen LogP contribution in [0.1, 0.15) is 36.5 Å². The first-order valence-electron chi connectivity index (χ1n) is 8.41. The van der Waals surface area contributed by atoms with Gasteiger partial charge in [0.1, 0.15) is 0 Å². The molecule has 0 aromatic heterocycles. The number of anilines is 2. The third-order valence-electron chi connectivity index (χ3n) is 3.90. The maximum atomic E-state index is 12.0. The van der Waals surface area contributed by atoms with Gasteiger partial charge in [-0.3, -0.25) is 9.59 Å². The molecule has 2 rings (SSSR count). The summed E-state index contributed by atoms with van der Waals surface area (Å²) in [5.74, 6) is -0.519. The molecule has 0 aliphatic rings. The molecule has 2 aromatic rings. The van der Waals surface area contributed by atoms with Crippen molar-refractivity contribution < 1.29 is 9.59 Å². The number of aryl methyl sites for hydroxylation is 2. The number of hydrogen-bond donors (Lipinski definition) is 3. The van der Waals surface area contributed by atoms with Crippen LogP contribution in [0.15, 0.2) is 47.6 Å². The van der Waals surface area contributed by atoms with Crippen LogP contribution in [0.25, 0.3) is 0 Å². The predicted octanol–water partition coefficient (Wildman–Crippen LogP) is 3.14. The number of nitrogens with one attached hydrogen (secondary N) is 2. The van der Waals surface area contributed by atoms with Gasteiger partial charge in [-0.15, -0.1) is 0 Å². The van der Waals surface area contributed by atoms with Crippen LogP contribution in [-0.2, 0) is 9.59 Å². The smallest absolute Gasteiger partial charge is 0.240 e. The zero-order valence-electron chi connectivity index (χ0n) is 15.3. The number of amides is 2. The Balaban J connectivity index is 1.83. The van der Waals surface area contributed by atoms with Gasteiger partial charge in [-0.1, -0.05) is 24.3 Å². The van der Waals surface area contributed by atoms with Gasteiger partial charge in [0.2, 0.25) is 11.8 Å². The SMILES string of the molecule is C/C(=N\NC(=O)CCC(=O)Nc1cc(C)ccc1C)c1cccc(N)c1. The third-order valence-corrected chi connectivity index (χ3v) is 3.90. The highest BCUT2D eigenvalue weighted by Gasteiger charge is 2.09. The monoisotopic (exact) mass is 352 g/mol. The third kappa shape index (κ3) is 5.73. The molecule has 2 aromatic carbocycles. The summed E-state index contributed by atoms with van der Waals surface area (Å²) in [6, 6.07) is 13.1. The Kier molecular flexibility index (Phi) is 6.49. The lowest BCUT2D eigenvalue weighted by Gasteiger charge is -2.09. The molecule has 0 bridgehead atoms. The maximum absolute atomic E-state index is 12.0. The zero-order chi connectivity index (χ0) is 19.1. The summed E-state index contributed by atoms with van der Waals surface area (Å²) >= 11 is 0. The molecule has 2 amide bonds. The highest BCUT2D eigenvalue weighted by molar-refractivity contribution is 6.00. The van der Waals surface area contributed by atoms with Gasteiger partial charge in [0.05, 0.1) is 5.71 Å². The fourth-order valence-electron chi connectivity index (χ4n) is 2.34. The molecule has 0 saturated carbocycles. The summed E-state index contributed by atoms with van der Waals surface area (Å²) in [5, 5.41) is 6.89. The zero-order valence-corrected chi connectivity index (χ0v) is 15.3. The van der Waals surface area contributed by atoms with Gasteiger partial charge >= 0.3 is 0 Å². The molecule has 0 unspecified atom stereocenters. The van der Waals surface area contributed by atoms with Gasteiger partial charge in [0.15, 0.2) is 0 Å². The van der Waals surface area contributed by atoms with Crippen molar-refractivity contribution in [3.8, 4) is 0 Å². The molecule has 0 saturated heterocycles. The number of carbonyl (C=O) groups excluding carboxylic acids is 2. The van der Waals surface area contributed by atoms with Crippen molar-refractivity contribution in [1.82, 2.24) is 5.43 Å². The molecule has 0 aliphatic carbocycles. The van der Waals surface area contributed by atoms with Crippen molar-refractivity contribution in [2.45, 2.75) is 33.6 Å². The summed E-state index contributed by atoms with van der Waals surface area (Å²) in [7, 11) is 0. The van der Waals surface area contributed by atoms with Crippen LogP contribution in [0.3, 0.4) is 0 Å². The first kappa shape index (κ1) is 19.2. The van der Waals surface area contributed by atoms with Crippen LogP contribution in [0, 0.1) is 13.8 Å². The van der Waals surface area contributed by atoms with E-state index in [4.69, 9.17) is 5.73 Å². The summed E-state index contributed by atoms with van der Waals surface area (Å²) in [5.41, 5.74) is 13.1. The van der Waals surface area contributed by atoms with E-state index in [2.05, 4.69) is 15.8 Å². The fourth-order valence-corrected chi connectivity index (χ4v) is 2.34. The van der Waals surface area contributed by atoms with Gasteiger partial charge in [-0.25, -0.2) is 5.43 Å². The predicted molar refractivity (Wildman–Crippen MR) is 105 cm³/mol.